The zero-order valence-corrected chi connectivity index (χ0v) is 15.6. The monoisotopic (exact) mass is 338 g/mol. The smallest absolute Gasteiger partial charge is 0.130 e. The van der Waals surface area contributed by atoms with E-state index in [1.54, 1.807) is 0 Å². The van der Waals surface area contributed by atoms with Crippen LogP contribution in [0.3, 0.4) is 0 Å². The van der Waals surface area contributed by atoms with Crippen LogP contribution in [0.15, 0.2) is 42.7 Å². The Labute approximate surface area is 149 Å². The first-order chi connectivity index (χ1) is 12.0. The second-order valence-corrected chi connectivity index (χ2v) is 6.53. The Bertz CT molecular complexity index is 831. The molecule has 0 unspecified atom stereocenters. The molecule has 2 aromatic heterocycles. The Hall–Kier alpha value is -2.60. The molecule has 0 saturated heterocycles. The first-order valence-electron chi connectivity index (χ1n) is 8.44. The Morgan fingerprint density at radius 1 is 1.16 bits per heavy atom. The average Bonchev–Trinajstić information content (AvgIpc) is 3.12. The maximum atomic E-state index is 4.58. The van der Waals surface area contributed by atoms with Crippen LogP contribution in [0.1, 0.15) is 28.7 Å². The van der Waals surface area contributed by atoms with Crippen LogP contribution in [0.25, 0.3) is 0 Å². The topological polar surface area (TPSA) is 50.9 Å². The number of nitrogens with one attached hydrogen (secondary N) is 1. The Balaban J connectivity index is 1.92. The number of aryl methyl sites for hydroxylation is 3. The van der Waals surface area contributed by atoms with Crippen molar-refractivity contribution in [1.29, 1.82) is 0 Å². The van der Waals surface area contributed by atoms with Gasteiger partial charge in [0, 0.05) is 52.7 Å². The average molecular weight is 338 g/mol. The van der Waals surface area contributed by atoms with Crippen LogP contribution in [-0.2, 0) is 20.6 Å². The molecule has 6 nitrogen and oxygen atoms in total. The molecule has 1 N–H and O–H groups in total. The minimum Gasteiger partial charge on any atom is -0.363 e. The molecule has 0 amide bonds. The molecule has 0 aliphatic rings. The van der Waals surface area contributed by atoms with Crippen molar-refractivity contribution in [3.05, 3.63) is 65.4 Å². The number of benzene rings is 1. The molecule has 1 atom stereocenters. The fourth-order valence-electron chi connectivity index (χ4n) is 3.32. The molecule has 0 aliphatic carbocycles. The largest absolute Gasteiger partial charge is 0.363 e. The third-order valence-electron chi connectivity index (χ3n) is 4.47. The summed E-state index contributed by atoms with van der Waals surface area (Å²) >= 11 is 0. The van der Waals surface area contributed by atoms with E-state index in [1.165, 1.54) is 11.1 Å². The fraction of sp³-hybridized carbons (Fsp3) is 0.368. The number of rotatable bonds is 6. The van der Waals surface area contributed by atoms with E-state index >= 15 is 0 Å². The number of aromatic nitrogens is 4. The maximum absolute atomic E-state index is 4.58. The highest BCUT2D eigenvalue weighted by atomic mass is 15.4. The normalized spacial score (nSPS) is 12.4. The molecule has 1 aromatic carbocycles. The summed E-state index contributed by atoms with van der Waals surface area (Å²) in [4.78, 5) is 6.67. The highest BCUT2D eigenvalue weighted by molar-refractivity contribution is 5.49. The van der Waals surface area contributed by atoms with E-state index in [1.807, 2.05) is 51.3 Å². The molecule has 0 bridgehead atoms. The number of hydrogen-bond acceptors (Lipinski definition) is 4. The van der Waals surface area contributed by atoms with Crippen LogP contribution in [0.5, 0.6) is 0 Å². The summed E-state index contributed by atoms with van der Waals surface area (Å²) < 4.78 is 4.00. The van der Waals surface area contributed by atoms with Crippen LogP contribution < -0.4 is 10.2 Å². The molecule has 0 fully saturated rings. The van der Waals surface area contributed by atoms with E-state index < -0.39 is 0 Å². The van der Waals surface area contributed by atoms with Gasteiger partial charge in [-0.1, -0.05) is 30.3 Å². The molecule has 0 radical (unpaired) electrons. The first kappa shape index (κ1) is 17.2. The van der Waals surface area contributed by atoms with Gasteiger partial charge in [0.1, 0.15) is 11.6 Å². The summed E-state index contributed by atoms with van der Waals surface area (Å²) in [6.45, 7) is 2.78. The van der Waals surface area contributed by atoms with Crippen molar-refractivity contribution in [2.75, 3.05) is 19.0 Å². The molecule has 2 heterocycles. The van der Waals surface area contributed by atoms with Crippen molar-refractivity contribution >= 4 is 5.82 Å². The van der Waals surface area contributed by atoms with E-state index in [9.17, 15) is 0 Å². The van der Waals surface area contributed by atoms with Crippen molar-refractivity contribution in [3.8, 4) is 0 Å². The fourth-order valence-corrected chi connectivity index (χ4v) is 3.32. The minimum absolute atomic E-state index is 0.0239. The second-order valence-electron chi connectivity index (χ2n) is 6.53. The lowest BCUT2D eigenvalue weighted by Crippen LogP contribution is -2.26. The quantitative estimate of drug-likeness (QED) is 0.750. The van der Waals surface area contributed by atoms with Crippen LogP contribution in [0, 0.1) is 6.92 Å². The molecule has 132 valence electrons. The van der Waals surface area contributed by atoms with Crippen molar-refractivity contribution in [2.45, 2.75) is 19.5 Å². The molecule has 25 heavy (non-hydrogen) atoms. The van der Waals surface area contributed by atoms with Gasteiger partial charge in [0.25, 0.3) is 0 Å². The predicted molar refractivity (Wildman–Crippen MR) is 101 cm³/mol. The highest BCUT2D eigenvalue weighted by Crippen LogP contribution is 2.25. The third-order valence-corrected chi connectivity index (χ3v) is 4.47. The Morgan fingerprint density at radius 2 is 1.88 bits per heavy atom. The van der Waals surface area contributed by atoms with Gasteiger partial charge in [-0.15, -0.1) is 0 Å². The molecule has 0 saturated carbocycles. The van der Waals surface area contributed by atoms with Gasteiger partial charge in [0.15, 0.2) is 0 Å². The zero-order valence-electron chi connectivity index (χ0n) is 15.6. The molecule has 0 aliphatic heterocycles. The minimum atomic E-state index is 0.0239. The van der Waals surface area contributed by atoms with Gasteiger partial charge < -0.3 is 9.47 Å². The van der Waals surface area contributed by atoms with Crippen molar-refractivity contribution < 1.29 is 0 Å². The summed E-state index contributed by atoms with van der Waals surface area (Å²) in [6, 6.07) is 10.5. The third kappa shape index (κ3) is 3.44. The Morgan fingerprint density at radius 3 is 2.48 bits per heavy atom. The van der Waals surface area contributed by atoms with Gasteiger partial charge in [-0.25, -0.2) is 4.98 Å². The number of imidazole rings is 1. The summed E-state index contributed by atoms with van der Waals surface area (Å²) in [7, 11) is 8.11. The van der Waals surface area contributed by atoms with Crippen LogP contribution in [-0.4, -0.2) is 33.4 Å². The van der Waals surface area contributed by atoms with Crippen LogP contribution in [0.2, 0.25) is 0 Å². The van der Waals surface area contributed by atoms with Crippen molar-refractivity contribution in [1.82, 2.24) is 24.6 Å². The van der Waals surface area contributed by atoms with E-state index in [-0.39, 0.29) is 6.04 Å². The lowest BCUT2D eigenvalue weighted by molar-refractivity contribution is 0.557. The van der Waals surface area contributed by atoms with E-state index in [4.69, 9.17) is 0 Å². The van der Waals surface area contributed by atoms with E-state index in [0.717, 1.165) is 23.9 Å². The van der Waals surface area contributed by atoms with Gasteiger partial charge in [-0.3, -0.25) is 10.00 Å². The first-order valence-corrected chi connectivity index (χ1v) is 8.44. The van der Waals surface area contributed by atoms with Crippen molar-refractivity contribution in [2.24, 2.45) is 14.1 Å². The summed E-state index contributed by atoms with van der Waals surface area (Å²) in [5.74, 6) is 2.12. The van der Waals surface area contributed by atoms with Gasteiger partial charge >= 0.3 is 0 Å². The van der Waals surface area contributed by atoms with Crippen LogP contribution in [0.4, 0.5) is 5.82 Å². The molecular formula is C19H26N6. The van der Waals surface area contributed by atoms with Gasteiger partial charge in [-0.2, -0.15) is 5.10 Å². The van der Waals surface area contributed by atoms with E-state index in [0.29, 0.717) is 0 Å². The van der Waals surface area contributed by atoms with Gasteiger partial charge in [0.05, 0.1) is 11.7 Å². The molecule has 3 rings (SSSR count). The zero-order chi connectivity index (χ0) is 18.0. The molecule has 3 aromatic rings. The summed E-state index contributed by atoms with van der Waals surface area (Å²) in [5, 5.41) is 8.26. The molecular weight excluding hydrogens is 312 g/mol. The van der Waals surface area contributed by atoms with Crippen molar-refractivity contribution in [3.63, 3.8) is 0 Å². The number of nitrogens with zero attached hydrogens (tertiary/aromatic N) is 5. The summed E-state index contributed by atoms with van der Waals surface area (Å²) in [5.41, 5.74) is 3.46. The second kappa shape index (κ2) is 7.11. The number of hydrogen-bond donors (Lipinski definition) is 1. The highest BCUT2D eigenvalue weighted by Gasteiger charge is 2.21. The molecule has 0 spiro atoms. The van der Waals surface area contributed by atoms with Gasteiger partial charge in [0.2, 0.25) is 0 Å². The standard InChI is InChI=1S/C19H26N6/c1-14-16(19(23(2)3)25(5)22-14)13-21-17(15-9-7-6-8-10-15)18-20-11-12-24(18)4/h6-12,17,21H,13H2,1-5H3/t17-/m0/s1. The lowest BCUT2D eigenvalue weighted by atomic mass is 10.1. The summed E-state index contributed by atoms with van der Waals surface area (Å²) in [6.07, 6.45) is 3.82. The van der Waals surface area contributed by atoms with E-state index in [2.05, 4.69) is 56.1 Å². The maximum Gasteiger partial charge on any atom is 0.130 e. The predicted octanol–water partition coefficient (Wildman–Crippen LogP) is 2.41. The van der Waals surface area contributed by atoms with Crippen LogP contribution >= 0.6 is 0 Å². The lowest BCUT2D eigenvalue weighted by Gasteiger charge is -2.21. The molecule has 6 heteroatoms. The Kier molecular flexibility index (Phi) is 4.90. The van der Waals surface area contributed by atoms with Gasteiger partial charge in [-0.05, 0) is 12.5 Å². The SMILES string of the molecule is Cc1nn(C)c(N(C)C)c1CN[C@@H](c1ccccc1)c1nccn1C. The number of anilines is 1.